The third-order valence-corrected chi connectivity index (χ3v) is 4.89. The van der Waals surface area contributed by atoms with Gasteiger partial charge in [0.25, 0.3) is 0 Å². The fourth-order valence-corrected chi connectivity index (χ4v) is 3.65. The second-order valence-electron chi connectivity index (χ2n) is 5.77. The zero-order chi connectivity index (χ0) is 13.9. The minimum absolute atomic E-state index is 0.299. The highest BCUT2D eigenvalue weighted by Gasteiger charge is 2.49. The number of aliphatic hydroxyl groups is 1. The van der Waals surface area contributed by atoms with Crippen LogP contribution in [0, 0.1) is 11.2 Å². The first kappa shape index (κ1) is 14.5. The first-order valence-corrected chi connectivity index (χ1v) is 7.26. The molecule has 106 valence electrons. The SMILES string of the molecule is CCC(O)(c1cccc(F)c1)C1(CN)CCCCC1. The van der Waals surface area contributed by atoms with Crippen molar-refractivity contribution in [3.8, 4) is 0 Å². The van der Waals surface area contributed by atoms with Gasteiger partial charge in [0.1, 0.15) is 5.82 Å². The predicted octanol–water partition coefficient (Wildman–Crippen LogP) is 3.33. The van der Waals surface area contributed by atoms with E-state index in [1.165, 1.54) is 18.6 Å². The van der Waals surface area contributed by atoms with E-state index < -0.39 is 5.60 Å². The minimum Gasteiger partial charge on any atom is -0.385 e. The highest BCUT2D eigenvalue weighted by Crippen LogP contribution is 2.51. The zero-order valence-electron chi connectivity index (χ0n) is 11.7. The number of benzene rings is 1. The van der Waals surface area contributed by atoms with Crippen LogP contribution in [0.2, 0.25) is 0 Å². The van der Waals surface area contributed by atoms with E-state index in [1.54, 1.807) is 6.07 Å². The molecule has 1 aromatic carbocycles. The molecule has 0 radical (unpaired) electrons. The normalized spacial score (nSPS) is 21.9. The zero-order valence-corrected chi connectivity index (χ0v) is 11.7. The third-order valence-electron chi connectivity index (χ3n) is 4.89. The molecule has 3 heteroatoms. The van der Waals surface area contributed by atoms with E-state index in [9.17, 15) is 9.50 Å². The molecule has 1 aliphatic carbocycles. The van der Waals surface area contributed by atoms with Gasteiger partial charge < -0.3 is 10.8 Å². The Hall–Kier alpha value is -0.930. The predicted molar refractivity (Wildman–Crippen MR) is 75.2 cm³/mol. The summed E-state index contributed by atoms with van der Waals surface area (Å²) in [4.78, 5) is 0. The van der Waals surface area contributed by atoms with Crippen LogP contribution in [0.1, 0.15) is 51.0 Å². The molecule has 1 fully saturated rings. The molecule has 0 aromatic heterocycles. The van der Waals surface area contributed by atoms with Gasteiger partial charge in [-0.25, -0.2) is 4.39 Å². The summed E-state index contributed by atoms with van der Waals surface area (Å²) < 4.78 is 13.5. The third kappa shape index (κ3) is 2.41. The van der Waals surface area contributed by atoms with E-state index in [1.807, 2.05) is 13.0 Å². The largest absolute Gasteiger partial charge is 0.385 e. The van der Waals surface area contributed by atoms with Crippen LogP contribution >= 0.6 is 0 Å². The average molecular weight is 265 g/mol. The van der Waals surface area contributed by atoms with Crippen molar-refractivity contribution in [2.75, 3.05) is 6.54 Å². The summed E-state index contributed by atoms with van der Waals surface area (Å²) in [7, 11) is 0. The number of halogens is 1. The number of hydrogen-bond donors (Lipinski definition) is 2. The van der Waals surface area contributed by atoms with Gasteiger partial charge in [-0.2, -0.15) is 0 Å². The molecule has 19 heavy (non-hydrogen) atoms. The van der Waals surface area contributed by atoms with Gasteiger partial charge in [-0.05, 0) is 37.0 Å². The summed E-state index contributed by atoms with van der Waals surface area (Å²) in [6, 6.07) is 6.35. The molecule has 1 unspecified atom stereocenters. The van der Waals surface area contributed by atoms with Crippen LogP contribution in [0.5, 0.6) is 0 Å². The Morgan fingerprint density at radius 1 is 1.32 bits per heavy atom. The highest BCUT2D eigenvalue weighted by molar-refractivity contribution is 5.27. The van der Waals surface area contributed by atoms with Crippen LogP contribution in [0.3, 0.4) is 0 Å². The summed E-state index contributed by atoms with van der Waals surface area (Å²) >= 11 is 0. The molecule has 0 spiro atoms. The Labute approximate surface area is 114 Å². The molecule has 1 atom stereocenters. The average Bonchev–Trinajstić information content (AvgIpc) is 2.47. The Balaban J connectivity index is 2.45. The first-order valence-electron chi connectivity index (χ1n) is 7.26. The lowest BCUT2D eigenvalue weighted by Crippen LogP contribution is -2.51. The van der Waals surface area contributed by atoms with Gasteiger partial charge in [0.15, 0.2) is 0 Å². The van der Waals surface area contributed by atoms with Crippen LogP contribution in [0.4, 0.5) is 4.39 Å². The summed E-state index contributed by atoms with van der Waals surface area (Å²) in [5, 5.41) is 11.2. The van der Waals surface area contributed by atoms with Gasteiger partial charge in [0, 0.05) is 12.0 Å². The molecular weight excluding hydrogens is 241 g/mol. The van der Waals surface area contributed by atoms with E-state index in [2.05, 4.69) is 0 Å². The van der Waals surface area contributed by atoms with E-state index >= 15 is 0 Å². The fourth-order valence-electron chi connectivity index (χ4n) is 3.65. The Morgan fingerprint density at radius 2 is 2.00 bits per heavy atom. The standard InChI is InChI=1S/C16H24FNO/c1-2-16(19,13-7-6-8-14(17)11-13)15(12-18)9-4-3-5-10-15/h6-8,11,19H,2-5,9-10,12,18H2,1H3. The molecular formula is C16H24FNO. The van der Waals surface area contributed by atoms with Crippen molar-refractivity contribution in [1.29, 1.82) is 0 Å². The van der Waals surface area contributed by atoms with Crippen molar-refractivity contribution >= 4 is 0 Å². The van der Waals surface area contributed by atoms with E-state index in [0.29, 0.717) is 18.5 Å². The van der Waals surface area contributed by atoms with Gasteiger partial charge in [0.2, 0.25) is 0 Å². The smallest absolute Gasteiger partial charge is 0.123 e. The second kappa shape index (κ2) is 5.59. The fraction of sp³-hybridized carbons (Fsp3) is 0.625. The van der Waals surface area contributed by atoms with E-state index in [-0.39, 0.29) is 11.2 Å². The quantitative estimate of drug-likeness (QED) is 0.877. The van der Waals surface area contributed by atoms with Crippen LogP contribution in [-0.2, 0) is 5.60 Å². The van der Waals surface area contributed by atoms with Gasteiger partial charge in [-0.1, -0.05) is 38.3 Å². The van der Waals surface area contributed by atoms with Crippen LogP contribution in [0.25, 0.3) is 0 Å². The van der Waals surface area contributed by atoms with Crippen LogP contribution in [0.15, 0.2) is 24.3 Å². The molecule has 3 N–H and O–H groups in total. The summed E-state index contributed by atoms with van der Waals surface area (Å²) in [5.41, 5.74) is 5.36. The van der Waals surface area contributed by atoms with Crippen LogP contribution < -0.4 is 5.73 Å². The van der Waals surface area contributed by atoms with Crippen molar-refractivity contribution in [1.82, 2.24) is 0 Å². The van der Waals surface area contributed by atoms with Crippen molar-refractivity contribution < 1.29 is 9.50 Å². The lowest BCUT2D eigenvalue weighted by Gasteiger charge is -2.49. The topological polar surface area (TPSA) is 46.2 Å². The number of rotatable bonds is 4. The van der Waals surface area contributed by atoms with Crippen molar-refractivity contribution in [2.24, 2.45) is 11.1 Å². The summed E-state index contributed by atoms with van der Waals surface area (Å²) in [6.45, 7) is 2.41. The van der Waals surface area contributed by atoms with Crippen molar-refractivity contribution in [3.63, 3.8) is 0 Å². The summed E-state index contributed by atoms with van der Waals surface area (Å²) in [5.74, 6) is -0.299. The molecule has 0 heterocycles. The highest BCUT2D eigenvalue weighted by atomic mass is 19.1. The Morgan fingerprint density at radius 3 is 2.53 bits per heavy atom. The van der Waals surface area contributed by atoms with E-state index in [0.717, 1.165) is 25.7 Å². The maximum atomic E-state index is 13.5. The van der Waals surface area contributed by atoms with Crippen LogP contribution in [-0.4, -0.2) is 11.7 Å². The molecule has 0 aliphatic heterocycles. The molecule has 1 aromatic rings. The molecule has 0 amide bonds. The van der Waals surface area contributed by atoms with Gasteiger partial charge >= 0.3 is 0 Å². The van der Waals surface area contributed by atoms with Gasteiger partial charge in [-0.15, -0.1) is 0 Å². The summed E-state index contributed by atoms with van der Waals surface area (Å²) in [6.07, 6.45) is 5.79. The molecule has 1 aliphatic rings. The lowest BCUT2D eigenvalue weighted by atomic mass is 9.60. The van der Waals surface area contributed by atoms with Crippen molar-refractivity contribution in [3.05, 3.63) is 35.6 Å². The monoisotopic (exact) mass is 265 g/mol. The van der Waals surface area contributed by atoms with Gasteiger partial charge in [-0.3, -0.25) is 0 Å². The Kier molecular flexibility index (Phi) is 4.26. The number of nitrogens with two attached hydrogens (primary N) is 1. The number of hydrogen-bond acceptors (Lipinski definition) is 2. The molecule has 0 bridgehead atoms. The van der Waals surface area contributed by atoms with E-state index in [4.69, 9.17) is 5.73 Å². The Bertz CT molecular complexity index is 429. The molecule has 0 saturated heterocycles. The molecule has 2 nitrogen and oxygen atoms in total. The minimum atomic E-state index is -1.02. The van der Waals surface area contributed by atoms with Gasteiger partial charge in [0.05, 0.1) is 5.60 Å². The second-order valence-corrected chi connectivity index (χ2v) is 5.77. The lowest BCUT2D eigenvalue weighted by molar-refractivity contribution is -0.109. The molecule has 1 saturated carbocycles. The maximum absolute atomic E-state index is 13.5. The first-order chi connectivity index (χ1) is 9.08. The maximum Gasteiger partial charge on any atom is 0.123 e. The van der Waals surface area contributed by atoms with Crippen molar-refractivity contribution in [2.45, 2.75) is 51.0 Å². The molecule has 2 rings (SSSR count).